The van der Waals surface area contributed by atoms with E-state index in [9.17, 15) is 4.79 Å². The molecule has 0 spiro atoms. The van der Waals surface area contributed by atoms with Gasteiger partial charge < -0.3 is 10.5 Å². The molecule has 0 aromatic heterocycles. The molecule has 0 radical (unpaired) electrons. The van der Waals surface area contributed by atoms with E-state index in [0.29, 0.717) is 28.5 Å². The summed E-state index contributed by atoms with van der Waals surface area (Å²) in [5.41, 5.74) is 8.70. The summed E-state index contributed by atoms with van der Waals surface area (Å²) in [6.45, 7) is 4.35. The molecule has 0 atom stereocenters. The third-order valence-electron chi connectivity index (χ3n) is 3.35. The van der Waals surface area contributed by atoms with Crippen molar-refractivity contribution < 1.29 is 9.53 Å². The summed E-state index contributed by atoms with van der Waals surface area (Å²) in [6, 6.07) is 13.0. The number of rotatable bonds is 5. The predicted molar refractivity (Wildman–Crippen MR) is 85.8 cm³/mol. The number of carbonyl (C=O) groups excluding carboxylic acids is 1. The van der Waals surface area contributed by atoms with Gasteiger partial charge in [0.2, 0.25) is 0 Å². The standard InChI is InChI=1S/C18H21NO2/c1-12(2)11-13-7-9-14(10-8-13)17(20)15-5-4-6-16(19)18(15)21-3/h4-10,12H,11,19H2,1-3H3. The van der Waals surface area contributed by atoms with Gasteiger partial charge in [-0.3, -0.25) is 4.79 Å². The van der Waals surface area contributed by atoms with Crippen LogP contribution in [0.3, 0.4) is 0 Å². The summed E-state index contributed by atoms with van der Waals surface area (Å²) in [4.78, 5) is 12.6. The fraction of sp³-hybridized carbons (Fsp3) is 0.278. The zero-order chi connectivity index (χ0) is 15.4. The zero-order valence-electron chi connectivity index (χ0n) is 12.7. The van der Waals surface area contributed by atoms with E-state index in [1.54, 1.807) is 18.2 Å². The van der Waals surface area contributed by atoms with Gasteiger partial charge in [-0.1, -0.05) is 44.2 Å². The number of nitrogens with two attached hydrogens (primary N) is 1. The average molecular weight is 283 g/mol. The molecule has 110 valence electrons. The van der Waals surface area contributed by atoms with Crippen LogP contribution in [0.15, 0.2) is 42.5 Å². The molecule has 0 bridgehead atoms. The number of hydrogen-bond donors (Lipinski definition) is 1. The Hall–Kier alpha value is -2.29. The highest BCUT2D eigenvalue weighted by Crippen LogP contribution is 2.28. The van der Waals surface area contributed by atoms with Crippen molar-refractivity contribution >= 4 is 11.5 Å². The molecular formula is C18H21NO2. The second-order valence-corrected chi connectivity index (χ2v) is 5.55. The van der Waals surface area contributed by atoms with Crippen LogP contribution in [0.5, 0.6) is 5.75 Å². The Morgan fingerprint density at radius 2 is 1.81 bits per heavy atom. The normalized spacial score (nSPS) is 10.7. The highest BCUT2D eigenvalue weighted by atomic mass is 16.5. The van der Waals surface area contributed by atoms with Crippen LogP contribution in [-0.2, 0) is 6.42 Å². The van der Waals surface area contributed by atoms with Crippen LogP contribution in [0.1, 0.15) is 35.3 Å². The lowest BCUT2D eigenvalue weighted by Crippen LogP contribution is -2.06. The van der Waals surface area contributed by atoms with Gasteiger partial charge in [-0.05, 0) is 30.0 Å². The molecule has 0 aliphatic heterocycles. The number of para-hydroxylation sites is 1. The van der Waals surface area contributed by atoms with Gasteiger partial charge in [-0.2, -0.15) is 0 Å². The van der Waals surface area contributed by atoms with E-state index in [2.05, 4.69) is 13.8 Å². The number of carbonyl (C=O) groups is 1. The molecular weight excluding hydrogens is 262 g/mol. The van der Waals surface area contributed by atoms with Gasteiger partial charge in [0.25, 0.3) is 0 Å². The molecule has 2 aromatic carbocycles. The first-order valence-corrected chi connectivity index (χ1v) is 7.09. The Bertz CT molecular complexity index is 630. The molecule has 0 saturated carbocycles. The van der Waals surface area contributed by atoms with Crippen LogP contribution in [0.25, 0.3) is 0 Å². The minimum atomic E-state index is -0.0738. The van der Waals surface area contributed by atoms with Crippen LogP contribution < -0.4 is 10.5 Å². The summed E-state index contributed by atoms with van der Waals surface area (Å²) in [7, 11) is 1.52. The molecule has 2 aromatic rings. The number of nitrogen functional groups attached to an aromatic ring is 1. The Morgan fingerprint density at radius 3 is 2.38 bits per heavy atom. The van der Waals surface area contributed by atoms with Gasteiger partial charge >= 0.3 is 0 Å². The van der Waals surface area contributed by atoms with Crippen molar-refractivity contribution in [1.82, 2.24) is 0 Å². The van der Waals surface area contributed by atoms with Crippen molar-refractivity contribution in [3.63, 3.8) is 0 Å². The van der Waals surface area contributed by atoms with Crippen LogP contribution >= 0.6 is 0 Å². The van der Waals surface area contributed by atoms with Crippen LogP contribution in [0.2, 0.25) is 0 Å². The second kappa shape index (κ2) is 6.44. The van der Waals surface area contributed by atoms with Crippen molar-refractivity contribution in [1.29, 1.82) is 0 Å². The Labute approximate surface area is 125 Å². The van der Waals surface area contributed by atoms with Crippen molar-refractivity contribution in [2.24, 2.45) is 5.92 Å². The average Bonchev–Trinajstić information content (AvgIpc) is 2.46. The third-order valence-corrected chi connectivity index (χ3v) is 3.35. The van der Waals surface area contributed by atoms with Crippen LogP contribution in [0, 0.1) is 5.92 Å². The van der Waals surface area contributed by atoms with Gasteiger partial charge in [0, 0.05) is 5.56 Å². The number of methoxy groups -OCH3 is 1. The van der Waals surface area contributed by atoms with Crippen molar-refractivity contribution in [2.45, 2.75) is 20.3 Å². The molecule has 0 heterocycles. The summed E-state index contributed by atoms with van der Waals surface area (Å²) in [5, 5.41) is 0. The smallest absolute Gasteiger partial charge is 0.196 e. The topological polar surface area (TPSA) is 52.3 Å². The molecule has 21 heavy (non-hydrogen) atoms. The lowest BCUT2D eigenvalue weighted by Gasteiger charge is -2.11. The zero-order valence-corrected chi connectivity index (χ0v) is 12.7. The van der Waals surface area contributed by atoms with Crippen molar-refractivity contribution in [2.75, 3.05) is 12.8 Å². The monoisotopic (exact) mass is 283 g/mol. The van der Waals surface area contributed by atoms with Crippen molar-refractivity contribution in [3.05, 3.63) is 59.2 Å². The molecule has 2 N–H and O–H groups in total. The fourth-order valence-electron chi connectivity index (χ4n) is 2.38. The molecule has 0 saturated heterocycles. The first-order chi connectivity index (χ1) is 10.0. The molecule has 0 amide bonds. The molecule has 0 aliphatic carbocycles. The van der Waals surface area contributed by atoms with E-state index < -0.39 is 0 Å². The van der Waals surface area contributed by atoms with Gasteiger partial charge in [0.15, 0.2) is 11.5 Å². The molecule has 3 nitrogen and oxygen atoms in total. The predicted octanol–water partition coefficient (Wildman–Crippen LogP) is 3.71. The Kier molecular flexibility index (Phi) is 4.63. The van der Waals surface area contributed by atoms with Crippen molar-refractivity contribution in [3.8, 4) is 5.75 Å². The molecule has 3 heteroatoms. The summed E-state index contributed by atoms with van der Waals surface area (Å²) in [6.07, 6.45) is 1.01. The molecule has 0 fully saturated rings. The largest absolute Gasteiger partial charge is 0.494 e. The maximum Gasteiger partial charge on any atom is 0.196 e. The van der Waals surface area contributed by atoms with Gasteiger partial charge in [-0.15, -0.1) is 0 Å². The first-order valence-electron chi connectivity index (χ1n) is 7.09. The molecule has 0 unspecified atom stereocenters. The minimum absolute atomic E-state index is 0.0738. The van der Waals surface area contributed by atoms with E-state index in [0.717, 1.165) is 6.42 Å². The van der Waals surface area contributed by atoms with E-state index in [1.165, 1.54) is 12.7 Å². The first kappa shape index (κ1) is 15.1. The number of anilines is 1. The summed E-state index contributed by atoms with van der Waals surface area (Å²) >= 11 is 0. The Morgan fingerprint density at radius 1 is 1.14 bits per heavy atom. The van der Waals surface area contributed by atoms with Gasteiger partial charge in [-0.25, -0.2) is 0 Å². The van der Waals surface area contributed by atoms with E-state index in [1.807, 2.05) is 24.3 Å². The highest BCUT2D eigenvalue weighted by Gasteiger charge is 2.16. The quantitative estimate of drug-likeness (QED) is 0.672. The Balaban J connectivity index is 2.30. The molecule has 2 rings (SSSR count). The number of benzene rings is 2. The number of hydrogen-bond acceptors (Lipinski definition) is 3. The summed E-state index contributed by atoms with van der Waals surface area (Å²) in [5.74, 6) is 0.963. The second-order valence-electron chi connectivity index (χ2n) is 5.55. The fourth-order valence-corrected chi connectivity index (χ4v) is 2.38. The highest BCUT2D eigenvalue weighted by molar-refractivity contribution is 6.11. The van der Waals surface area contributed by atoms with Crippen LogP contribution in [0.4, 0.5) is 5.69 Å². The van der Waals surface area contributed by atoms with Gasteiger partial charge in [0.1, 0.15) is 0 Å². The SMILES string of the molecule is COc1c(N)cccc1C(=O)c1ccc(CC(C)C)cc1. The van der Waals surface area contributed by atoms with E-state index in [-0.39, 0.29) is 5.78 Å². The lowest BCUT2D eigenvalue weighted by atomic mass is 9.98. The van der Waals surface area contributed by atoms with Crippen LogP contribution in [-0.4, -0.2) is 12.9 Å². The van der Waals surface area contributed by atoms with E-state index >= 15 is 0 Å². The maximum absolute atomic E-state index is 12.6. The lowest BCUT2D eigenvalue weighted by molar-refractivity contribution is 0.103. The third kappa shape index (κ3) is 3.43. The maximum atomic E-state index is 12.6. The van der Waals surface area contributed by atoms with Gasteiger partial charge in [0.05, 0.1) is 18.4 Å². The van der Waals surface area contributed by atoms with E-state index in [4.69, 9.17) is 10.5 Å². The number of ether oxygens (including phenoxy) is 1. The molecule has 0 aliphatic rings. The number of ketones is 1. The summed E-state index contributed by atoms with van der Waals surface area (Å²) < 4.78 is 5.25. The minimum Gasteiger partial charge on any atom is -0.494 e.